The molecule has 31 heavy (non-hydrogen) atoms. The Balaban J connectivity index is 1.68. The first-order valence-electron chi connectivity index (χ1n) is 9.82. The standard InChI is InChI=1S/C22H22N6O3/c1-5-31-22(30)17-12-24-28-18(9-10-23-20(17)28)15-7-6-8-16(11-15)25-21(29)19-13(2)26-27(4)14(19)3/h6-12H,5H2,1-4H3,(H,25,29). The Labute approximate surface area is 178 Å². The molecule has 0 unspecified atom stereocenters. The van der Waals surface area contributed by atoms with Gasteiger partial charge in [-0.3, -0.25) is 9.48 Å². The lowest BCUT2D eigenvalue weighted by atomic mass is 10.1. The van der Waals surface area contributed by atoms with Crippen molar-refractivity contribution in [1.29, 1.82) is 0 Å². The maximum atomic E-state index is 12.8. The Hall–Kier alpha value is -4.01. The molecular weight excluding hydrogens is 396 g/mol. The molecule has 0 bridgehead atoms. The van der Waals surface area contributed by atoms with Crippen molar-refractivity contribution in [3.63, 3.8) is 0 Å². The van der Waals surface area contributed by atoms with Gasteiger partial charge in [-0.25, -0.2) is 14.3 Å². The number of rotatable bonds is 5. The van der Waals surface area contributed by atoms with Crippen LogP contribution >= 0.6 is 0 Å². The minimum atomic E-state index is -0.467. The minimum absolute atomic E-state index is 0.219. The van der Waals surface area contributed by atoms with E-state index in [0.29, 0.717) is 28.2 Å². The topological polar surface area (TPSA) is 103 Å². The fourth-order valence-electron chi connectivity index (χ4n) is 3.52. The molecule has 4 rings (SSSR count). The van der Waals surface area contributed by atoms with Gasteiger partial charge in [-0.15, -0.1) is 0 Å². The summed E-state index contributed by atoms with van der Waals surface area (Å²) in [5, 5.41) is 11.6. The summed E-state index contributed by atoms with van der Waals surface area (Å²) in [6.45, 7) is 5.69. The molecule has 9 heteroatoms. The largest absolute Gasteiger partial charge is 0.462 e. The Kier molecular flexibility index (Phi) is 5.24. The number of amides is 1. The summed E-state index contributed by atoms with van der Waals surface area (Å²) < 4.78 is 8.35. The van der Waals surface area contributed by atoms with Crippen LogP contribution in [-0.2, 0) is 11.8 Å². The van der Waals surface area contributed by atoms with Gasteiger partial charge in [-0.1, -0.05) is 12.1 Å². The molecule has 1 N–H and O–H groups in total. The zero-order valence-electron chi connectivity index (χ0n) is 17.7. The molecule has 1 amide bonds. The van der Waals surface area contributed by atoms with E-state index in [4.69, 9.17) is 4.74 Å². The van der Waals surface area contributed by atoms with Crippen LogP contribution in [0.2, 0.25) is 0 Å². The van der Waals surface area contributed by atoms with Gasteiger partial charge in [0.1, 0.15) is 5.56 Å². The van der Waals surface area contributed by atoms with Crippen LogP contribution in [-0.4, -0.2) is 42.9 Å². The lowest BCUT2D eigenvalue weighted by Gasteiger charge is -2.09. The number of anilines is 1. The predicted molar refractivity (Wildman–Crippen MR) is 115 cm³/mol. The highest BCUT2D eigenvalue weighted by Gasteiger charge is 2.19. The maximum Gasteiger partial charge on any atom is 0.343 e. The summed E-state index contributed by atoms with van der Waals surface area (Å²) in [6, 6.07) is 9.20. The minimum Gasteiger partial charge on any atom is -0.462 e. The number of esters is 1. The first kappa shape index (κ1) is 20.3. The van der Waals surface area contributed by atoms with Gasteiger partial charge in [0.15, 0.2) is 5.65 Å². The Bertz CT molecular complexity index is 1300. The van der Waals surface area contributed by atoms with Crippen LogP contribution in [0.4, 0.5) is 5.69 Å². The molecule has 0 aliphatic heterocycles. The van der Waals surface area contributed by atoms with Crippen molar-refractivity contribution in [3.05, 3.63) is 65.2 Å². The molecule has 0 fully saturated rings. The number of ether oxygens (including phenoxy) is 1. The lowest BCUT2D eigenvalue weighted by Crippen LogP contribution is -2.14. The third kappa shape index (κ3) is 3.65. The number of aryl methyl sites for hydroxylation is 2. The number of benzene rings is 1. The number of hydrogen-bond acceptors (Lipinski definition) is 6. The quantitative estimate of drug-likeness (QED) is 0.499. The molecule has 0 atom stereocenters. The van der Waals surface area contributed by atoms with Gasteiger partial charge in [-0.05, 0) is 39.0 Å². The van der Waals surface area contributed by atoms with Crippen molar-refractivity contribution in [2.75, 3.05) is 11.9 Å². The van der Waals surface area contributed by atoms with E-state index in [0.717, 1.165) is 17.0 Å². The molecule has 3 aromatic heterocycles. The third-order valence-corrected chi connectivity index (χ3v) is 5.05. The fraction of sp³-hybridized carbons (Fsp3) is 0.227. The number of hydrogen-bond donors (Lipinski definition) is 1. The summed E-state index contributed by atoms with van der Waals surface area (Å²) >= 11 is 0. The van der Waals surface area contributed by atoms with E-state index in [2.05, 4.69) is 20.5 Å². The molecular formula is C22H22N6O3. The van der Waals surface area contributed by atoms with E-state index in [-0.39, 0.29) is 12.5 Å². The van der Waals surface area contributed by atoms with Crippen LogP contribution in [0.5, 0.6) is 0 Å². The SMILES string of the molecule is CCOC(=O)c1cnn2c(-c3cccc(NC(=O)c4c(C)nn(C)c4C)c3)ccnc12. The summed E-state index contributed by atoms with van der Waals surface area (Å²) in [5.41, 5.74) is 4.91. The number of aromatic nitrogens is 5. The number of nitrogens with one attached hydrogen (secondary N) is 1. The van der Waals surface area contributed by atoms with Gasteiger partial charge in [0.05, 0.1) is 29.8 Å². The van der Waals surface area contributed by atoms with Gasteiger partial charge in [0.2, 0.25) is 0 Å². The molecule has 158 valence electrons. The van der Waals surface area contributed by atoms with Crippen molar-refractivity contribution in [2.45, 2.75) is 20.8 Å². The summed E-state index contributed by atoms with van der Waals surface area (Å²) in [5.74, 6) is -0.686. The normalized spacial score (nSPS) is 11.0. The van der Waals surface area contributed by atoms with E-state index in [1.165, 1.54) is 6.20 Å². The van der Waals surface area contributed by atoms with Gasteiger partial charge in [-0.2, -0.15) is 10.2 Å². The first-order valence-corrected chi connectivity index (χ1v) is 9.82. The van der Waals surface area contributed by atoms with Crippen LogP contribution in [0.1, 0.15) is 39.0 Å². The van der Waals surface area contributed by atoms with Crippen molar-refractivity contribution in [3.8, 4) is 11.3 Å². The second kappa shape index (κ2) is 8.02. The number of fused-ring (bicyclic) bond motifs is 1. The average molecular weight is 418 g/mol. The fourth-order valence-corrected chi connectivity index (χ4v) is 3.52. The summed E-state index contributed by atoms with van der Waals surface area (Å²) in [4.78, 5) is 29.3. The monoisotopic (exact) mass is 418 g/mol. The third-order valence-electron chi connectivity index (χ3n) is 5.05. The van der Waals surface area contributed by atoms with Crippen LogP contribution in [0.3, 0.4) is 0 Å². The molecule has 4 aromatic rings. The Morgan fingerprint density at radius 3 is 2.71 bits per heavy atom. The van der Waals surface area contributed by atoms with Crippen molar-refractivity contribution in [2.24, 2.45) is 7.05 Å². The van der Waals surface area contributed by atoms with E-state index in [1.807, 2.05) is 45.2 Å². The Morgan fingerprint density at radius 2 is 2.00 bits per heavy atom. The smallest absolute Gasteiger partial charge is 0.343 e. The first-order chi connectivity index (χ1) is 14.9. The van der Waals surface area contributed by atoms with E-state index in [9.17, 15) is 9.59 Å². The van der Waals surface area contributed by atoms with Crippen LogP contribution < -0.4 is 5.32 Å². The van der Waals surface area contributed by atoms with Crippen LogP contribution in [0, 0.1) is 13.8 Å². The van der Waals surface area contributed by atoms with Gasteiger partial charge < -0.3 is 10.1 Å². The second-order valence-corrected chi connectivity index (χ2v) is 7.05. The molecule has 3 heterocycles. The molecule has 1 aromatic carbocycles. The molecule has 0 radical (unpaired) electrons. The predicted octanol–water partition coefficient (Wildman–Crippen LogP) is 3.18. The number of nitrogens with zero attached hydrogens (tertiary/aromatic N) is 5. The van der Waals surface area contributed by atoms with Crippen LogP contribution in [0.15, 0.2) is 42.7 Å². The van der Waals surface area contributed by atoms with Gasteiger partial charge in [0.25, 0.3) is 5.91 Å². The molecule has 0 spiro atoms. The average Bonchev–Trinajstić information content (AvgIpc) is 3.28. The van der Waals surface area contributed by atoms with Crippen molar-refractivity contribution in [1.82, 2.24) is 24.4 Å². The second-order valence-electron chi connectivity index (χ2n) is 7.05. The Morgan fingerprint density at radius 1 is 1.19 bits per heavy atom. The maximum absolute atomic E-state index is 12.8. The van der Waals surface area contributed by atoms with Gasteiger partial charge in [0, 0.05) is 30.2 Å². The zero-order chi connectivity index (χ0) is 22.1. The zero-order valence-corrected chi connectivity index (χ0v) is 17.7. The van der Waals surface area contributed by atoms with E-state index >= 15 is 0 Å². The number of carbonyl (C=O) groups excluding carboxylic acids is 2. The highest BCUT2D eigenvalue weighted by molar-refractivity contribution is 6.06. The molecule has 0 saturated heterocycles. The molecule has 0 saturated carbocycles. The molecule has 9 nitrogen and oxygen atoms in total. The van der Waals surface area contributed by atoms with Crippen molar-refractivity contribution >= 4 is 23.2 Å². The van der Waals surface area contributed by atoms with Crippen LogP contribution in [0.25, 0.3) is 16.9 Å². The number of carbonyl (C=O) groups is 2. The molecule has 0 aliphatic carbocycles. The molecule has 0 aliphatic rings. The van der Waals surface area contributed by atoms with E-state index in [1.54, 1.807) is 28.4 Å². The highest BCUT2D eigenvalue weighted by atomic mass is 16.5. The summed E-state index contributed by atoms with van der Waals surface area (Å²) in [7, 11) is 1.81. The highest BCUT2D eigenvalue weighted by Crippen LogP contribution is 2.25. The van der Waals surface area contributed by atoms with Crippen molar-refractivity contribution < 1.29 is 14.3 Å². The van der Waals surface area contributed by atoms with E-state index < -0.39 is 5.97 Å². The lowest BCUT2D eigenvalue weighted by molar-refractivity contribution is 0.0528. The summed E-state index contributed by atoms with van der Waals surface area (Å²) in [6.07, 6.45) is 3.06. The van der Waals surface area contributed by atoms with Gasteiger partial charge >= 0.3 is 5.97 Å².